The average Bonchev–Trinajstić information content (AvgIpc) is 2.34. The molecule has 0 aliphatic carbocycles. The van der Waals surface area contributed by atoms with Crippen LogP contribution in [0.4, 0.5) is 0 Å². The molecule has 0 aromatic heterocycles. The lowest BCUT2D eigenvalue weighted by atomic mass is 10.2. The highest BCUT2D eigenvalue weighted by atomic mass is 32.2. The Hall–Kier alpha value is -1.36. The summed E-state index contributed by atoms with van der Waals surface area (Å²) in [6.45, 7) is 0. The fraction of sp³-hybridized carbons (Fsp3) is 0.667. The fourth-order valence-corrected chi connectivity index (χ4v) is 1.13. The molecule has 112 valence electrons. The molecule has 0 amide bonds. The van der Waals surface area contributed by atoms with Crippen molar-refractivity contribution in [1.82, 2.24) is 0 Å². The van der Waals surface area contributed by atoms with Gasteiger partial charge in [-0.2, -0.15) is 11.8 Å². The Morgan fingerprint density at radius 3 is 1.58 bits per heavy atom. The van der Waals surface area contributed by atoms with Crippen LogP contribution in [0.15, 0.2) is 0 Å². The van der Waals surface area contributed by atoms with Crippen LogP contribution < -0.4 is 5.73 Å². The number of rotatable bonds is 7. The molecule has 0 radical (unpaired) electrons. The minimum atomic E-state index is -2.27. The predicted molar refractivity (Wildman–Crippen MR) is 65.9 cm³/mol. The van der Waals surface area contributed by atoms with Crippen LogP contribution in [0, 0.1) is 0 Å². The minimum absolute atomic E-state index is 0.552. The van der Waals surface area contributed by atoms with Gasteiger partial charge in [0.15, 0.2) is 12.2 Å². The number of carboxylic acids is 3. The molecule has 0 bridgehead atoms. The van der Waals surface area contributed by atoms with E-state index < -0.39 is 36.2 Å². The van der Waals surface area contributed by atoms with Crippen LogP contribution in [0.1, 0.15) is 6.42 Å². The van der Waals surface area contributed by atoms with E-state index in [0.717, 1.165) is 5.75 Å². The lowest BCUT2D eigenvalue weighted by Crippen LogP contribution is -2.39. The van der Waals surface area contributed by atoms with Crippen LogP contribution in [0.25, 0.3) is 0 Å². The number of hydrogen-bond acceptors (Lipinski definition) is 7. The van der Waals surface area contributed by atoms with Crippen molar-refractivity contribution in [2.24, 2.45) is 5.73 Å². The molecule has 0 spiro atoms. The minimum Gasteiger partial charge on any atom is -0.480 e. The van der Waals surface area contributed by atoms with Crippen molar-refractivity contribution < 1.29 is 39.9 Å². The summed E-state index contributed by atoms with van der Waals surface area (Å²) in [6, 6.07) is -0.683. The summed E-state index contributed by atoms with van der Waals surface area (Å²) >= 11 is 1.60. The Bertz CT molecular complexity index is 293. The van der Waals surface area contributed by atoms with Gasteiger partial charge < -0.3 is 31.3 Å². The smallest absolute Gasteiger partial charge is 0.335 e. The highest BCUT2D eigenvalue weighted by molar-refractivity contribution is 7.98. The quantitative estimate of drug-likeness (QED) is 0.309. The standard InChI is InChI=1S/C5H11NO2S.C4H6O6/c1-9-3-2-4(6)5(7)8;5-1(3(7)8)2(6)4(9)10/h4H,2-3,6H2,1H3,(H,7,8);1-2,5-6H,(H,7,8)(H,9,10). The number of nitrogens with two attached hydrogens (primary N) is 1. The van der Waals surface area contributed by atoms with E-state index in [-0.39, 0.29) is 0 Å². The zero-order valence-electron chi connectivity index (χ0n) is 10.1. The molecule has 19 heavy (non-hydrogen) atoms. The molecule has 0 saturated carbocycles. The van der Waals surface area contributed by atoms with Crippen molar-refractivity contribution in [1.29, 1.82) is 0 Å². The molecule has 0 heterocycles. The molecule has 0 rings (SSSR count). The molecule has 3 unspecified atom stereocenters. The number of thioether (sulfide) groups is 1. The van der Waals surface area contributed by atoms with Gasteiger partial charge in [-0.05, 0) is 18.4 Å². The fourth-order valence-electron chi connectivity index (χ4n) is 0.638. The molecule has 3 atom stereocenters. The van der Waals surface area contributed by atoms with Crippen LogP contribution in [0.3, 0.4) is 0 Å². The molecule has 0 saturated heterocycles. The number of hydrogen-bond donors (Lipinski definition) is 6. The summed E-state index contributed by atoms with van der Waals surface area (Å²) in [5.41, 5.74) is 5.19. The average molecular weight is 299 g/mol. The van der Waals surface area contributed by atoms with E-state index in [1.807, 2.05) is 6.26 Å². The summed E-state index contributed by atoms with van der Waals surface area (Å²) in [7, 11) is 0. The van der Waals surface area contributed by atoms with Gasteiger partial charge in [0.1, 0.15) is 6.04 Å². The van der Waals surface area contributed by atoms with Gasteiger partial charge in [0.05, 0.1) is 0 Å². The van der Waals surface area contributed by atoms with Crippen molar-refractivity contribution in [2.45, 2.75) is 24.7 Å². The van der Waals surface area contributed by atoms with E-state index in [9.17, 15) is 14.4 Å². The third-order valence-corrected chi connectivity index (χ3v) is 2.40. The zero-order valence-corrected chi connectivity index (χ0v) is 10.9. The van der Waals surface area contributed by atoms with E-state index in [1.165, 1.54) is 0 Å². The Morgan fingerprint density at radius 1 is 1.00 bits per heavy atom. The number of aliphatic carboxylic acids is 3. The molecular weight excluding hydrogens is 282 g/mol. The molecule has 0 aliphatic heterocycles. The van der Waals surface area contributed by atoms with Crippen LogP contribution in [-0.2, 0) is 14.4 Å². The first-order valence-electron chi connectivity index (χ1n) is 4.94. The Kier molecular flexibility index (Phi) is 11.1. The van der Waals surface area contributed by atoms with Crippen LogP contribution >= 0.6 is 11.8 Å². The van der Waals surface area contributed by atoms with Crippen molar-refractivity contribution in [3.8, 4) is 0 Å². The maximum Gasteiger partial charge on any atom is 0.335 e. The van der Waals surface area contributed by atoms with Crippen molar-refractivity contribution in [3.05, 3.63) is 0 Å². The molecule has 0 aromatic carbocycles. The maximum atomic E-state index is 10.1. The predicted octanol–water partition coefficient (Wildman–Crippen LogP) is -1.97. The van der Waals surface area contributed by atoms with Crippen LogP contribution in [0.2, 0.25) is 0 Å². The molecule has 0 aromatic rings. The van der Waals surface area contributed by atoms with Gasteiger partial charge in [0.2, 0.25) is 0 Å². The van der Waals surface area contributed by atoms with Gasteiger partial charge in [0.25, 0.3) is 0 Å². The summed E-state index contributed by atoms with van der Waals surface area (Å²) in [6.07, 6.45) is -2.06. The second-order valence-corrected chi connectivity index (χ2v) is 4.28. The molecular formula is C9H17NO8S. The highest BCUT2D eigenvalue weighted by Crippen LogP contribution is 1.97. The number of aliphatic hydroxyl groups is 2. The van der Waals surface area contributed by atoms with Crippen molar-refractivity contribution in [2.75, 3.05) is 12.0 Å². The SMILES string of the molecule is CSCCC(N)C(=O)O.O=C(O)C(O)C(O)C(=O)O. The van der Waals surface area contributed by atoms with Gasteiger partial charge in [-0.1, -0.05) is 0 Å². The largest absolute Gasteiger partial charge is 0.480 e. The maximum absolute atomic E-state index is 10.1. The summed E-state index contributed by atoms with van der Waals surface area (Å²) in [5, 5.41) is 40.8. The van der Waals surface area contributed by atoms with Crippen LogP contribution in [-0.4, -0.2) is 73.7 Å². The molecule has 9 nitrogen and oxygen atoms in total. The van der Waals surface area contributed by atoms with E-state index in [1.54, 1.807) is 11.8 Å². The molecule has 0 fully saturated rings. The Balaban J connectivity index is 0. The highest BCUT2D eigenvalue weighted by Gasteiger charge is 2.29. The van der Waals surface area contributed by atoms with Gasteiger partial charge in [-0.3, -0.25) is 4.79 Å². The van der Waals surface area contributed by atoms with Crippen molar-refractivity contribution >= 4 is 29.7 Å². The summed E-state index contributed by atoms with van der Waals surface area (Å²) < 4.78 is 0. The van der Waals surface area contributed by atoms with E-state index >= 15 is 0 Å². The summed E-state index contributed by atoms with van der Waals surface area (Å²) in [4.78, 5) is 29.6. The third-order valence-electron chi connectivity index (χ3n) is 1.76. The lowest BCUT2D eigenvalue weighted by molar-refractivity contribution is -0.165. The topological polar surface area (TPSA) is 178 Å². The second-order valence-electron chi connectivity index (χ2n) is 3.29. The van der Waals surface area contributed by atoms with E-state index in [4.69, 9.17) is 31.3 Å². The number of aliphatic hydroxyl groups excluding tert-OH is 2. The first kappa shape index (κ1) is 20.0. The zero-order chi connectivity index (χ0) is 15.6. The van der Waals surface area contributed by atoms with Crippen molar-refractivity contribution in [3.63, 3.8) is 0 Å². The number of carbonyl (C=O) groups is 3. The third kappa shape index (κ3) is 10.3. The molecule has 0 aliphatic rings. The van der Waals surface area contributed by atoms with Gasteiger partial charge in [-0.15, -0.1) is 0 Å². The molecule has 10 heteroatoms. The lowest BCUT2D eigenvalue weighted by Gasteiger charge is -2.07. The first-order valence-corrected chi connectivity index (χ1v) is 6.33. The van der Waals surface area contributed by atoms with E-state index in [0.29, 0.717) is 6.42 Å². The number of carboxylic acid groups (broad SMARTS) is 3. The van der Waals surface area contributed by atoms with Gasteiger partial charge >= 0.3 is 17.9 Å². The van der Waals surface area contributed by atoms with Crippen LogP contribution in [0.5, 0.6) is 0 Å². The Labute approximate surface area is 113 Å². The normalized spacial score (nSPS) is 14.5. The first-order chi connectivity index (χ1) is 8.64. The monoisotopic (exact) mass is 299 g/mol. The summed E-state index contributed by atoms with van der Waals surface area (Å²) in [5.74, 6) is -3.64. The van der Waals surface area contributed by atoms with E-state index in [2.05, 4.69) is 0 Å². The molecule has 7 N–H and O–H groups in total. The second kappa shape index (κ2) is 10.6. The Morgan fingerprint density at radius 2 is 1.37 bits per heavy atom. The van der Waals surface area contributed by atoms with Gasteiger partial charge in [-0.25, -0.2) is 9.59 Å². The van der Waals surface area contributed by atoms with Gasteiger partial charge in [0, 0.05) is 0 Å².